The van der Waals surface area contributed by atoms with Gasteiger partial charge in [-0.2, -0.15) is 0 Å². The van der Waals surface area contributed by atoms with Crippen LogP contribution in [0.1, 0.15) is 84.0 Å². The predicted molar refractivity (Wildman–Crippen MR) is 69.9 cm³/mol. The summed E-state index contributed by atoms with van der Waals surface area (Å²) in [5, 5.41) is 0. The van der Waals surface area contributed by atoms with Crippen molar-refractivity contribution in [1.82, 2.24) is 0 Å². The fourth-order valence-corrected chi connectivity index (χ4v) is 2.60. The van der Waals surface area contributed by atoms with Crippen LogP contribution >= 0.6 is 0 Å². The van der Waals surface area contributed by atoms with Gasteiger partial charge in [0.15, 0.2) is 0 Å². The molecule has 0 heterocycles. The van der Waals surface area contributed by atoms with Gasteiger partial charge in [0.05, 0.1) is 0 Å². The summed E-state index contributed by atoms with van der Waals surface area (Å²) in [5.41, 5.74) is 0. The molecule has 0 aromatic heterocycles. The van der Waals surface area contributed by atoms with E-state index in [2.05, 4.69) is 6.92 Å². The van der Waals surface area contributed by atoms with Crippen molar-refractivity contribution in [3.8, 4) is 0 Å². The van der Waals surface area contributed by atoms with E-state index in [0.29, 0.717) is 6.61 Å². The van der Waals surface area contributed by atoms with E-state index in [9.17, 15) is 3.32 Å². The normalized spacial score (nSPS) is 10.8. The fraction of sp³-hybridized carbons (Fsp3) is 1.00. The van der Waals surface area contributed by atoms with Gasteiger partial charge in [-0.05, 0) is 0 Å². The SMILES string of the molecule is CCCCCCCCCCCCCC[O][Ti](=[O])[OH]. The van der Waals surface area contributed by atoms with E-state index in [1.54, 1.807) is 0 Å². The van der Waals surface area contributed by atoms with Crippen LogP contribution < -0.4 is 0 Å². The van der Waals surface area contributed by atoms with Crippen molar-refractivity contribution in [2.45, 2.75) is 84.0 Å². The first-order valence-electron chi connectivity index (χ1n) is 7.63. The molecular formula is C14H30O3Ti. The fourth-order valence-electron chi connectivity index (χ4n) is 2.10. The molecule has 1 N–H and O–H groups in total. The van der Waals surface area contributed by atoms with Gasteiger partial charge in [0.2, 0.25) is 0 Å². The van der Waals surface area contributed by atoms with E-state index in [-0.39, 0.29) is 0 Å². The van der Waals surface area contributed by atoms with Gasteiger partial charge in [0, 0.05) is 0 Å². The Kier molecular flexibility index (Phi) is 15.9. The second kappa shape index (κ2) is 15.5. The van der Waals surface area contributed by atoms with E-state index in [0.717, 1.165) is 12.8 Å². The Balaban J connectivity index is 2.92. The van der Waals surface area contributed by atoms with Gasteiger partial charge >= 0.3 is 99.8 Å². The standard InChI is InChI=1S/C14H29O.H2O.O.Ti/c1-2-3-4-5-6-7-8-9-10-11-12-13-14-15;;;/h2-14H2,1H3;1H2;;/q-1;;;+2/p-1. The van der Waals surface area contributed by atoms with Crippen LogP contribution in [-0.2, 0) is 25.3 Å². The van der Waals surface area contributed by atoms with Crippen molar-refractivity contribution in [3.05, 3.63) is 0 Å². The molecule has 0 amide bonds. The molecule has 0 atom stereocenters. The summed E-state index contributed by atoms with van der Waals surface area (Å²) >= 11 is -3.24. The van der Waals surface area contributed by atoms with E-state index in [1.165, 1.54) is 64.2 Å². The van der Waals surface area contributed by atoms with Crippen LogP contribution in [0.25, 0.3) is 0 Å². The van der Waals surface area contributed by atoms with E-state index >= 15 is 0 Å². The first-order valence-corrected chi connectivity index (χ1v) is 9.60. The number of unbranched alkanes of at least 4 members (excludes halogenated alkanes) is 11. The zero-order chi connectivity index (χ0) is 13.5. The third-order valence-electron chi connectivity index (χ3n) is 3.22. The molecule has 0 unspecified atom stereocenters. The van der Waals surface area contributed by atoms with Gasteiger partial charge in [-0.15, -0.1) is 0 Å². The van der Waals surface area contributed by atoms with Gasteiger partial charge in [-0.25, -0.2) is 0 Å². The molecule has 0 radical (unpaired) electrons. The van der Waals surface area contributed by atoms with Crippen LogP contribution in [0.3, 0.4) is 0 Å². The molecule has 0 aliphatic heterocycles. The van der Waals surface area contributed by atoms with E-state index in [1.807, 2.05) is 0 Å². The molecule has 18 heavy (non-hydrogen) atoms. The summed E-state index contributed by atoms with van der Waals surface area (Å²) in [4.78, 5) is 0. The van der Waals surface area contributed by atoms with Gasteiger partial charge in [-0.3, -0.25) is 0 Å². The Morgan fingerprint density at radius 3 is 1.56 bits per heavy atom. The third kappa shape index (κ3) is 16.4. The maximum absolute atomic E-state index is 10.3. The zero-order valence-electron chi connectivity index (χ0n) is 12.0. The Labute approximate surface area is 119 Å². The molecule has 4 heteroatoms. The molecule has 0 fully saturated rings. The molecule has 0 aliphatic carbocycles. The first kappa shape index (κ1) is 18.4. The first-order chi connectivity index (χ1) is 8.77. The molecule has 0 aromatic rings. The summed E-state index contributed by atoms with van der Waals surface area (Å²) in [6, 6.07) is 0. The van der Waals surface area contributed by atoms with E-state index in [4.69, 9.17) is 7.01 Å². The van der Waals surface area contributed by atoms with Crippen molar-refractivity contribution < 1.29 is 28.9 Å². The molecule has 0 rings (SSSR count). The minimum atomic E-state index is -3.24. The molecule has 0 bridgehead atoms. The summed E-state index contributed by atoms with van der Waals surface area (Å²) in [6.45, 7) is 2.72. The number of hydrogen-bond donors (Lipinski definition) is 1. The van der Waals surface area contributed by atoms with E-state index < -0.39 is 18.6 Å². The van der Waals surface area contributed by atoms with Crippen molar-refractivity contribution >= 4 is 0 Å². The van der Waals surface area contributed by atoms with Crippen LogP contribution in [0.5, 0.6) is 0 Å². The third-order valence-corrected chi connectivity index (χ3v) is 3.93. The quantitative estimate of drug-likeness (QED) is 0.379. The van der Waals surface area contributed by atoms with Crippen LogP contribution in [0, 0.1) is 0 Å². The Hall–Kier alpha value is 0.434. The van der Waals surface area contributed by atoms with Crippen LogP contribution in [0.4, 0.5) is 0 Å². The topological polar surface area (TPSA) is 46.5 Å². The molecular weight excluding hydrogens is 264 g/mol. The molecule has 0 aromatic carbocycles. The molecule has 0 spiro atoms. The molecule has 0 saturated heterocycles. The summed E-state index contributed by atoms with van der Waals surface area (Å²) in [5.74, 6) is 0. The van der Waals surface area contributed by atoms with Gasteiger partial charge in [-0.1, -0.05) is 19.8 Å². The summed E-state index contributed by atoms with van der Waals surface area (Å²) in [7, 11) is 0. The van der Waals surface area contributed by atoms with Crippen LogP contribution in [0.2, 0.25) is 0 Å². The zero-order valence-corrected chi connectivity index (χ0v) is 13.5. The number of hydrogen-bond acceptors (Lipinski definition) is 2. The van der Waals surface area contributed by atoms with Crippen molar-refractivity contribution in [3.63, 3.8) is 0 Å². The molecule has 0 saturated carbocycles. The predicted octanol–water partition coefficient (Wildman–Crippen LogP) is 4.49. The molecule has 3 nitrogen and oxygen atoms in total. The van der Waals surface area contributed by atoms with Crippen molar-refractivity contribution in [2.24, 2.45) is 0 Å². The average molecular weight is 294 g/mol. The second-order valence-corrected chi connectivity index (χ2v) is 6.28. The molecule has 0 aliphatic rings. The minimum absolute atomic E-state index is 0.465. The monoisotopic (exact) mass is 294 g/mol. The summed E-state index contributed by atoms with van der Waals surface area (Å²) < 4.78 is 23.5. The molecule has 108 valence electrons. The summed E-state index contributed by atoms with van der Waals surface area (Å²) in [6.07, 6.45) is 15.6. The van der Waals surface area contributed by atoms with Crippen molar-refractivity contribution in [2.75, 3.05) is 6.61 Å². The van der Waals surface area contributed by atoms with Gasteiger partial charge in [0.25, 0.3) is 0 Å². The average Bonchev–Trinajstić information content (AvgIpc) is 2.34. The van der Waals surface area contributed by atoms with Gasteiger partial charge < -0.3 is 0 Å². The van der Waals surface area contributed by atoms with Crippen LogP contribution in [-0.4, -0.2) is 10.3 Å². The van der Waals surface area contributed by atoms with Gasteiger partial charge in [0.1, 0.15) is 0 Å². The number of rotatable bonds is 14. The van der Waals surface area contributed by atoms with Crippen LogP contribution in [0.15, 0.2) is 0 Å². The van der Waals surface area contributed by atoms with Crippen molar-refractivity contribution in [1.29, 1.82) is 0 Å². The second-order valence-electron chi connectivity index (χ2n) is 5.00. The maximum atomic E-state index is 10.3. The Bertz CT molecular complexity index is 186. The Morgan fingerprint density at radius 1 is 0.778 bits per heavy atom. The Morgan fingerprint density at radius 2 is 1.17 bits per heavy atom.